The van der Waals surface area contributed by atoms with Gasteiger partial charge in [0.05, 0.1) is 11.8 Å². The van der Waals surface area contributed by atoms with Crippen molar-refractivity contribution in [3.63, 3.8) is 0 Å². The van der Waals surface area contributed by atoms with E-state index in [1.54, 1.807) is 45.0 Å². The van der Waals surface area contributed by atoms with E-state index >= 15 is 0 Å². The number of rotatable bonds is 14. The number of hydrogen-bond acceptors (Lipinski definition) is 8. The zero-order valence-electron chi connectivity index (χ0n) is 32.9. The smallest absolute Gasteiger partial charge is 0.412 e. The van der Waals surface area contributed by atoms with Gasteiger partial charge in [-0.25, -0.2) is 14.4 Å². The second-order valence-electron chi connectivity index (χ2n) is 15.2. The average molecular weight is 800 g/mol. The number of carboxylic acids is 2. The molecule has 13 heteroatoms. The molecule has 5 aromatic rings. The number of amides is 3. The topological polar surface area (TPSA) is 190 Å². The van der Waals surface area contributed by atoms with E-state index in [0.717, 1.165) is 18.1 Å². The average Bonchev–Trinajstić information content (AvgIpc) is 3.19. The lowest BCUT2D eigenvalue weighted by Crippen LogP contribution is -2.86. The molecule has 2 atom stereocenters. The molecular weight excluding hydrogens is 755 g/mol. The molecule has 1 aliphatic carbocycles. The van der Waals surface area contributed by atoms with Crippen molar-refractivity contribution in [3.05, 3.63) is 161 Å². The summed E-state index contributed by atoms with van der Waals surface area (Å²) in [5.41, 5.74) is -3.13. The summed E-state index contributed by atoms with van der Waals surface area (Å²) in [5, 5.41) is 30.6. The van der Waals surface area contributed by atoms with Crippen molar-refractivity contribution in [2.24, 2.45) is 0 Å². The van der Waals surface area contributed by atoms with E-state index in [4.69, 9.17) is 14.2 Å². The predicted octanol–water partition coefficient (Wildman–Crippen LogP) is 7.29. The Hall–Kier alpha value is -7.15. The molecular formula is C46H45N3O10. The molecule has 13 nitrogen and oxygen atoms in total. The summed E-state index contributed by atoms with van der Waals surface area (Å²) in [6.45, 7) is 6.60. The highest BCUT2D eigenvalue weighted by Gasteiger charge is 2.80. The van der Waals surface area contributed by atoms with Gasteiger partial charge < -0.3 is 35.1 Å². The fourth-order valence-corrected chi connectivity index (χ4v) is 7.62. The van der Waals surface area contributed by atoms with Crippen LogP contribution in [0.1, 0.15) is 72.1 Å². The second-order valence-corrected chi connectivity index (χ2v) is 15.2. The fraction of sp³-hybridized carbons (Fsp3) is 0.239. The summed E-state index contributed by atoms with van der Waals surface area (Å²) in [6.07, 6.45) is -0.715. The van der Waals surface area contributed by atoms with Crippen molar-refractivity contribution in [2.75, 3.05) is 5.32 Å². The van der Waals surface area contributed by atoms with Gasteiger partial charge in [0.1, 0.15) is 30.3 Å². The molecule has 1 fully saturated rings. The van der Waals surface area contributed by atoms with Gasteiger partial charge in [-0.1, -0.05) is 84.9 Å². The molecule has 5 N–H and O–H groups in total. The van der Waals surface area contributed by atoms with Crippen LogP contribution in [0.25, 0.3) is 0 Å². The van der Waals surface area contributed by atoms with E-state index in [2.05, 4.69) is 16.0 Å². The Morgan fingerprint density at radius 2 is 1.07 bits per heavy atom. The van der Waals surface area contributed by atoms with Crippen molar-refractivity contribution in [1.82, 2.24) is 10.6 Å². The molecule has 6 rings (SSSR count). The minimum absolute atomic E-state index is 0.00473. The first-order valence-electron chi connectivity index (χ1n) is 18.8. The van der Waals surface area contributed by atoms with Gasteiger partial charge in [0.25, 0.3) is 5.91 Å². The molecule has 0 spiro atoms. The van der Waals surface area contributed by atoms with Crippen LogP contribution in [0.3, 0.4) is 0 Å². The van der Waals surface area contributed by atoms with Gasteiger partial charge in [0, 0.05) is 18.2 Å². The Morgan fingerprint density at radius 1 is 0.610 bits per heavy atom. The number of nitrogens with one attached hydrogen (secondary N) is 3. The maximum Gasteiger partial charge on any atom is 0.412 e. The van der Waals surface area contributed by atoms with Gasteiger partial charge in [-0.3, -0.25) is 14.9 Å². The predicted molar refractivity (Wildman–Crippen MR) is 218 cm³/mol. The summed E-state index contributed by atoms with van der Waals surface area (Å²) in [4.78, 5) is 67.7. The lowest BCUT2D eigenvalue weighted by molar-refractivity contribution is -0.174. The first-order chi connectivity index (χ1) is 28.1. The number of carbonyl (C=O) groups excluding carboxylic acids is 3. The number of anilines is 1. The highest BCUT2D eigenvalue weighted by molar-refractivity contribution is 6.04. The van der Waals surface area contributed by atoms with E-state index in [0.29, 0.717) is 17.2 Å². The first kappa shape index (κ1) is 41.5. The molecule has 1 aliphatic rings. The van der Waals surface area contributed by atoms with Crippen LogP contribution in [-0.2, 0) is 32.3 Å². The maximum absolute atomic E-state index is 14.3. The Balaban J connectivity index is 1.45. The van der Waals surface area contributed by atoms with Crippen molar-refractivity contribution >= 4 is 35.5 Å². The minimum Gasteiger partial charge on any atom is -0.489 e. The van der Waals surface area contributed by atoms with Crippen molar-refractivity contribution in [3.8, 4) is 11.5 Å². The SMILES string of the molecule is CC(=O)NC1(C(=O)O)C(c2cccc(OCc3ccccc3)c2)C(NC(=O)c2ccc(NC(=O)OC(C)(C)C)cc2)(C(=O)O)C1c1cccc(OCc2ccccc2)c1. The number of benzene rings is 5. The zero-order valence-corrected chi connectivity index (χ0v) is 32.9. The molecule has 0 aliphatic heterocycles. The molecule has 59 heavy (non-hydrogen) atoms. The maximum atomic E-state index is 14.3. The third kappa shape index (κ3) is 9.04. The number of hydrogen-bond donors (Lipinski definition) is 5. The lowest BCUT2D eigenvalue weighted by atomic mass is 9.43. The van der Waals surface area contributed by atoms with E-state index in [1.807, 2.05) is 60.7 Å². The van der Waals surface area contributed by atoms with Gasteiger partial charge in [0.2, 0.25) is 5.91 Å². The van der Waals surface area contributed by atoms with Crippen LogP contribution < -0.4 is 25.4 Å². The summed E-state index contributed by atoms with van der Waals surface area (Å²) in [6, 6.07) is 36.9. The lowest BCUT2D eigenvalue weighted by Gasteiger charge is -2.64. The quantitative estimate of drug-likeness (QED) is 0.0763. The van der Waals surface area contributed by atoms with Gasteiger partial charge >= 0.3 is 18.0 Å². The van der Waals surface area contributed by atoms with Crippen LogP contribution in [0.4, 0.5) is 10.5 Å². The summed E-state index contributed by atoms with van der Waals surface area (Å²) < 4.78 is 17.5. The molecule has 0 radical (unpaired) electrons. The Bertz CT molecular complexity index is 2230. The normalized spacial score (nSPS) is 19.6. The summed E-state index contributed by atoms with van der Waals surface area (Å²) >= 11 is 0. The fourth-order valence-electron chi connectivity index (χ4n) is 7.62. The molecule has 2 unspecified atom stereocenters. The minimum atomic E-state index is -2.40. The standard InChI is InChI=1S/C46H45N3O10/c1-29(50)48-45(41(52)53)38(33-17-11-19-36(25-33)57-27-30-13-7-5-8-14-30)46(42(54)55,39(45)34-18-12-20-37(26-34)58-28-31-15-9-6-10-16-31)49-40(51)32-21-23-35(24-22-32)47-43(56)59-44(2,3)4/h5-26,38-39H,27-28H2,1-4H3,(H,47,56)(H,48,50)(H,49,51)(H,52,53)(H,54,55). The Morgan fingerprint density at radius 3 is 1.49 bits per heavy atom. The first-order valence-corrected chi connectivity index (χ1v) is 18.8. The molecule has 5 aromatic carbocycles. The van der Waals surface area contributed by atoms with Gasteiger partial charge in [-0.05, 0) is 91.6 Å². The third-order valence-corrected chi connectivity index (χ3v) is 9.90. The van der Waals surface area contributed by atoms with Crippen LogP contribution in [-0.4, -0.2) is 56.7 Å². The van der Waals surface area contributed by atoms with Crippen LogP contribution >= 0.6 is 0 Å². The summed E-state index contributed by atoms with van der Waals surface area (Å²) in [7, 11) is 0. The summed E-state index contributed by atoms with van der Waals surface area (Å²) in [5.74, 6) is -7.31. The number of carboxylic acid groups (broad SMARTS) is 2. The van der Waals surface area contributed by atoms with Crippen molar-refractivity contribution < 1.29 is 48.4 Å². The molecule has 304 valence electrons. The zero-order chi connectivity index (χ0) is 42.4. The number of carbonyl (C=O) groups is 5. The van der Waals surface area contributed by atoms with Crippen LogP contribution in [0.5, 0.6) is 11.5 Å². The largest absolute Gasteiger partial charge is 0.489 e. The monoisotopic (exact) mass is 799 g/mol. The van der Waals surface area contributed by atoms with Gasteiger partial charge in [0.15, 0.2) is 11.1 Å². The Labute approximate surface area is 341 Å². The Kier molecular flexibility index (Phi) is 12.1. The van der Waals surface area contributed by atoms with E-state index in [1.165, 1.54) is 48.5 Å². The van der Waals surface area contributed by atoms with Crippen LogP contribution in [0.2, 0.25) is 0 Å². The molecule has 3 amide bonds. The molecule has 0 saturated heterocycles. The van der Waals surface area contributed by atoms with Crippen molar-refractivity contribution in [2.45, 2.75) is 69.4 Å². The van der Waals surface area contributed by atoms with E-state index < -0.39 is 58.4 Å². The van der Waals surface area contributed by atoms with Crippen LogP contribution in [0, 0.1) is 0 Å². The number of aliphatic carboxylic acids is 2. The van der Waals surface area contributed by atoms with E-state index in [-0.39, 0.29) is 29.9 Å². The molecule has 0 bridgehead atoms. The highest BCUT2D eigenvalue weighted by atomic mass is 16.6. The third-order valence-electron chi connectivity index (χ3n) is 9.90. The molecule has 1 saturated carbocycles. The van der Waals surface area contributed by atoms with Gasteiger partial charge in [-0.2, -0.15) is 0 Å². The van der Waals surface area contributed by atoms with Crippen molar-refractivity contribution in [1.29, 1.82) is 0 Å². The van der Waals surface area contributed by atoms with Crippen LogP contribution in [0.15, 0.2) is 133 Å². The van der Waals surface area contributed by atoms with Gasteiger partial charge in [-0.15, -0.1) is 0 Å². The molecule has 0 aromatic heterocycles. The van der Waals surface area contributed by atoms with E-state index in [9.17, 15) is 34.2 Å². The number of ether oxygens (including phenoxy) is 3. The highest BCUT2D eigenvalue weighted by Crippen LogP contribution is 2.63. The second kappa shape index (κ2) is 17.1. The molecule has 0 heterocycles.